The van der Waals surface area contributed by atoms with Crippen molar-refractivity contribution in [3.63, 3.8) is 0 Å². The first-order chi connectivity index (χ1) is 14.2. The Morgan fingerprint density at radius 3 is 2.86 bits per heavy atom. The van der Waals surface area contributed by atoms with E-state index in [0.29, 0.717) is 17.7 Å². The van der Waals surface area contributed by atoms with Gasteiger partial charge in [-0.3, -0.25) is 4.57 Å². The van der Waals surface area contributed by atoms with Crippen LogP contribution in [0.1, 0.15) is 61.4 Å². The van der Waals surface area contributed by atoms with Gasteiger partial charge in [0.1, 0.15) is 17.7 Å². The summed E-state index contributed by atoms with van der Waals surface area (Å²) in [5, 5.41) is 8.52. The maximum absolute atomic E-state index is 11.7. The topological polar surface area (TPSA) is 115 Å². The van der Waals surface area contributed by atoms with E-state index in [2.05, 4.69) is 37.0 Å². The Kier molecular flexibility index (Phi) is 4.26. The number of carbonyl (C=O) groups is 1. The molecular formula is C19H22N8O2. The molecular weight excluding hydrogens is 372 g/mol. The van der Waals surface area contributed by atoms with Crippen LogP contribution < -0.4 is 4.90 Å². The molecule has 0 bridgehead atoms. The fraction of sp³-hybridized carbons (Fsp3) is 0.474. The van der Waals surface area contributed by atoms with E-state index >= 15 is 0 Å². The standard InChI is InChI=1S/C19H22N8O2/c1-3-13-18-25-22-10-26(18)14-9-21-16(15-20-8-12(23-15)19(28)29-2)24-17(14)27(13)11-6-4-5-7-11/h8-11,13H,3-7H2,1-2H3,(H,20,23)/t13-/m1/s1. The Hall–Kier alpha value is -3.30. The summed E-state index contributed by atoms with van der Waals surface area (Å²) in [5.41, 5.74) is 1.13. The van der Waals surface area contributed by atoms with Crippen LogP contribution >= 0.6 is 0 Å². The summed E-state index contributed by atoms with van der Waals surface area (Å²) in [5.74, 6) is 2.18. The number of nitrogens with zero attached hydrogens (tertiary/aromatic N) is 7. The molecule has 0 amide bonds. The van der Waals surface area contributed by atoms with E-state index < -0.39 is 5.97 Å². The van der Waals surface area contributed by atoms with E-state index in [0.717, 1.165) is 36.6 Å². The molecule has 2 aliphatic rings. The van der Waals surface area contributed by atoms with Gasteiger partial charge in [-0.15, -0.1) is 10.2 Å². The molecule has 3 aromatic heterocycles. The second kappa shape index (κ2) is 6.94. The van der Waals surface area contributed by atoms with Gasteiger partial charge in [-0.1, -0.05) is 19.8 Å². The lowest BCUT2D eigenvalue weighted by Crippen LogP contribution is -2.42. The summed E-state index contributed by atoms with van der Waals surface area (Å²) in [6.45, 7) is 2.16. The first-order valence-electron chi connectivity index (χ1n) is 9.90. The number of H-pyrrole nitrogens is 1. The van der Waals surface area contributed by atoms with Crippen LogP contribution in [0.5, 0.6) is 0 Å². The van der Waals surface area contributed by atoms with Crippen LogP contribution in [0.4, 0.5) is 5.82 Å². The van der Waals surface area contributed by atoms with Crippen LogP contribution in [0, 0.1) is 0 Å². The number of fused-ring (bicyclic) bond motifs is 3. The van der Waals surface area contributed by atoms with E-state index in [9.17, 15) is 4.79 Å². The van der Waals surface area contributed by atoms with E-state index in [1.165, 1.54) is 26.1 Å². The number of esters is 1. The summed E-state index contributed by atoms with van der Waals surface area (Å²) >= 11 is 0. The Morgan fingerprint density at radius 2 is 2.10 bits per heavy atom. The largest absolute Gasteiger partial charge is 0.464 e. The summed E-state index contributed by atoms with van der Waals surface area (Å²) in [4.78, 5) is 30.7. The number of aromatic amines is 1. The van der Waals surface area contributed by atoms with Crippen molar-refractivity contribution in [2.75, 3.05) is 12.0 Å². The third-order valence-electron chi connectivity index (χ3n) is 5.76. The first-order valence-corrected chi connectivity index (χ1v) is 9.90. The van der Waals surface area contributed by atoms with Crippen molar-refractivity contribution < 1.29 is 9.53 Å². The summed E-state index contributed by atoms with van der Waals surface area (Å²) < 4.78 is 6.72. The maximum Gasteiger partial charge on any atom is 0.356 e. The summed E-state index contributed by atoms with van der Waals surface area (Å²) in [6, 6.07) is 0.521. The third-order valence-corrected chi connectivity index (χ3v) is 5.76. The Balaban J connectivity index is 1.63. The summed E-state index contributed by atoms with van der Waals surface area (Å²) in [7, 11) is 1.33. The van der Waals surface area contributed by atoms with Crippen LogP contribution in [0.3, 0.4) is 0 Å². The van der Waals surface area contributed by atoms with E-state index in [4.69, 9.17) is 9.72 Å². The maximum atomic E-state index is 11.7. The lowest BCUT2D eigenvalue weighted by molar-refractivity contribution is 0.0595. The van der Waals surface area contributed by atoms with Gasteiger partial charge in [-0.25, -0.2) is 19.7 Å². The molecule has 10 nitrogen and oxygen atoms in total. The van der Waals surface area contributed by atoms with Crippen molar-refractivity contribution in [2.24, 2.45) is 0 Å². The van der Waals surface area contributed by atoms with Crippen molar-refractivity contribution in [3.8, 4) is 17.3 Å². The van der Waals surface area contributed by atoms with Crippen molar-refractivity contribution in [1.29, 1.82) is 0 Å². The number of rotatable bonds is 4. The molecule has 1 fully saturated rings. The van der Waals surface area contributed by atoms with Gasteiger partial charge in [0, 0.05) is 6.04 Å². The highest BCUT2D eigenvalue weighted by Crippen LogP contribution is 2.42. The van der Waals surface area contributed by atoms with Crippen molar-refractivity contribution in [3.05, 3.63) is 30.2 Å². The van der Waals surface area contributed by atoms with Gasteiger partial charge in [-0.05, 0) is 19.3 Å². The zero-order valence-electron chi connectivity index (χ0n) is 16.4. The molecule has 150 valence electrons. The lowest BCUT2D eigenvalue weighted by atomic mass is 10.0. The molecule has 1 N–H and O–H groups in total. The third kappa shape index (κ3) is 2.78. The number of hydrogen-bond donors (Lipinski definition) is 1. The average Bonchev–Trinajstić information content (AvgIpc) is 3.52. The molecule has 0 radical (unpaired) electrons. The minimum absolute atomic E-state index is 0.109. The number of methoxy groups -OCH3 is 1. The van der Waals surface area contributed by atoms with Crippen LogP contribution in [-0.4, -0.2) is 53.8 Å². The van der Waals surface area contributed by atoms with Gasteiger partial charge in [0.05, 0.1) is 25.5 Å². The fourth-order valence-electron chi connectivity index (χ4n) is 4.41. The van der Waals surface area contributed by atoms with Crippen LogP contribution in [0.2, 0.25) is 0 Å². The molecule has 0 aromatic carbocycles. The molecule has 1 aliphatic heterocycles. The van der Waals surface area contributed by atoms with Gasteiger partial charge in [-0.2, -0.15) is 0 Å². The number of nitrogens with one attached hydrogen (secondary N) is 1. The van der Waals surface area contributed by atoms with Crippen LogP contribution in [-0.2, 0) is 4.74 Å². The van der Waals surface area contributed by atoms with Crippen molar-refractivity contribution in [1.82, 2.24) is 34.7 Å². The number of aromatic nitrogens is 7. The number of ether oxygens (including phenoxy) is 1. The highest BCUT2D eigenvalue weighted by atomic mass is 16.5. The Labute approximate surface area is 167 Å². The highest BCUT2D eigenvalue weighted by molar-refractivity contribution is 5.87. The number of hydrogen-bond acceptors (Lipinski definition) is 8. The quantitative estimate of drug-likeness (QED) is 0.671. The second-order valence-corrected chi connectivity index (χ2v) is 7.37. The molecule has 1 aliphatic carbocycles. The number of imidazole rings is 1. The zero-order chi connectivity index (χ0) is 20.0. The Bertz CT molecular complexity index is 1050. The summed E-state index contributed by atoms with van der Waals surface area (Å²) in [6.07, 6.45) is 10.5. The highest BCUT2D eigenvalue weighted by Gasteiger charge is 2.38. The smallest absolute Gasteiger partial charge is 0.356 e. The molecule has 3 aromatic rings. The van der Waals surface area contributed by atoms with E-state index in [-0.39, 0.29) is 11.7 Å². The molecule has 0 spiro atoms. The fourth-order valence-corrected chi connectivity index (χ4v) is 4.41. The predicted molar refractivity (Wildman–Crippen MR) is 104 cm³/mol. The average molecular weight is 394 g/mol. The molecule has 1 atom stereocenters. The molecule has 1 saturated carbocycles. The predicted octanol–water partition coefficient (Wildman–Crippen LogP) is 2.45. The number of carbonyl (C=O) groups excluding carboxylic acids is 1. The van der Waals surface area contributed by atoms with Gasteiger partial charge in [0.15, 0.2) is 23.3 Å². The van der Waals surface area contributed by atoms with Crippen molar-refractivity contribution in [2.45, 2.75) is 51.1 Å². The SMILES string of the molecule is CC[C@@H]1c2nncn2-c2cnc(-c3ncc(C(=O)OC)[nH]3)nc2N1C1CCCC1. The van der Waals surface area contributed by atoms with Gasteiger partial charge in [0.25, 0.3) is 0 Å². The van der Waals surface area contributed by atoms with E-state index in [1.54, 1.807) is 12.5 Å². The van der Waals surface area contributed by atoms with Gasteiger partial charge in [0.2, 0.25) is 0 Å². The molecule has 0 unspecified atom stereocenters. The zero-order valence-corrected chi connectivity index (χ0v) is 16.4. The van der Waals surface area contributed by atoms with Crippen molar-refractivity contribution >= 4 is 11.8 Å². The minimum Gasteiger partial charge on any atom is -0.464 e. The van der Waals surface area contributed by atoms with Gasteiger partial charge < -0.3 is 14.6 Å². The molecule has 5 rings (SSSR count). The minimum atomic E-state index is -0.477. The Morgan fingerprint density at radius 1 is 1.28 bits per heavy atom. The number of anilines is 1. The van der Waals surface area contributed by atoms with Crippen LogP contribution in [0.25, 0.3) is 17.3 Å². The van der Waals surface area contributed by atoms with E-state index in [1.807, 2.05) is 4.57 Å². The molecule has 10 heteroatoms. The monoisotopic (exact) mass is 394 g/mol. The van der Waals surface area contributed by atoms with Gasteiger partial charge >= 0.3 is 5.97 Å². The molecule has 29 heavy (non-hydrogen) atoms. The van der Waals surface area contributed by atoms with Crippen LogP contribution in [0.15, 0.2) is 18.7 Å². The first kappa shape index (κ1) is 17.8. The molecule has 4 heterocycles. The second-order valence-electron chi connectivity index (χ2n) is 7.37. The lowest BCUT2D eigenvalue weighted by Gasteiger charge is -2.40. The molecule has 0 saturated heterocycles. The normalized spacial score (nSPS) is 18.6.